The summed E-state index contributed by atoms with van der Waals surface area (Å²) < 4.78 is 5.87. The largest absolute Gasteiger partial charge is 0.492 e. The lowest BCUT2D eigenvalue weighted by Gasteiger charge is -2.31. The van der Waals surface area contributed by atoms with Gasteiger partial charge in [0, 0.05) is 12.6 Å². The third-order valence-electron chi connectivity index (χ3n) is 3.84. The summed E-state index contributed by atoms with van der Waals surface area (Å²) in [5.74, 6) is 0.996. The second kappa shape index (κ2) is 6.92. The number of hydrogen-bond donors (Lipinski definition) is 1. The van der Waals surface area contributed by atoms with E-state index in [0.29, 0.717) is 6.04 Å². The zero-order valence-electron chi connectivity index (χ0n) is 12.4. The minimum atomic E-state index is 0.712. The number of nitrogens with one attached hydrogen (secondary N) is 1. The van der Waals surface area contributed by atoms with Crippen LogP contribution in [0.1, 0.15) is 24.0 Å². The molecule has 1 heterocycles. The van der Waals surface area contributed by atoms with Crippen LogP contribution >= 0.6 is 0 Å². The average molecular weight is 262 g/mol. The van der Waals surface area contributed by atoms with Crippen LogP contribution in [0.3, 0.4) is 0 Å². The molecule has 2 rings (SSSR count). The van der Waals surface area contributed by atoms with Gasteiger partial charge < -0.3 is 10.1 Å². The third-order valence-corrected chi connectivity index (χ3v) is 3.84. The zero-order valence-corrected chi connectivity index (χ0v) is 12.4. The zero-order chi connectivity index (χ0) is 13.7. The Bertz CT molecular complexity index is 379. The Balaban J connectivity index is 1.76. The van der Waals surface area contributed by atoms with Gasteiger partial charge >= 0.3 is 0 Å². The van der Waals surface area contributed by atoms with E-state index in [1.54, 1.807) is 0 Å². The SMILES string of the molecule is Cc1cc(C)cc(OCCN(C)C2CCNCC2)c1. The smallest absolute Gasteiger partial charge is 0.119 e. The van der Waals surface area contributed by atoms with Gasteiger partial charge in [-0.1, -0.05) is 6.07 Å². The molecule has 106 valence electrons. The lowest BCUT2D eigenvalue weighted by atomic mass is 10.1. The Labute approximate surface area is 116 Å². The lowest BCUT2D eigenvalue weighted by Crippen LogP contribution is -2.42. The van der Waals surface area contributed by atoms with Crippen LogP contribution in [0, 0.1) is 13.8 Å². The maximum Gasteiger partial charge on any atom is 0.119 e. The van der Waals surface area contributed by atoms with Gasteiger partial charge in [-0.05, 0) is 70.1 Å². The van der Waals surface area contributed by atoms with Crippen LogP contribution in [0.15, 0.2) is 18.2 Å². The molecule has 0 amide bonds. The number of hydrogen-bond acceptors (Lipinski definition) is 3. The third kappa shape index (κ3) is 4.51. The Hall–Kier alpha value is -1.06. The van der Waals surface area contributed by atoms with Gasteiger partial charge in [0.25, 0.3) is 0 Å². The molecule has 0 aromatic heterocycles. The summed E-state index contributed by atoms with van der Waals surface area (Å²) in [4.78, 5) is 2.43. The first kappa shape index (κ1) is 14.4. The molecule has 0 bridgehead atoms. The monoisotopic (exact) mass is 262 g/mol. The number of likely N-dealkylation sites (N-methyl/N-ethyl adjacent to an activating group) is 1. The molecular weight excluding hydrogens is 236 g/mol. The van der Waals surface area contributed by atoms with E-state index in [1.165, 1.54) is 24.0 Å². The molecule has 3 nitrogen and oxygen atoms in total. The van der Waals surface area contributed by atoms with Gasteiger partial charge in [0.2, 0.25) is 0 Å². The van der Waals surface area contributed by atoms with Crippen LogP contribution in [0.2, 0.25) is 0 Å². The molecule has 0 radical (unpaired) electrons. The molecule has 1 saturated heterocycles. The Morgan fingerprint density at radius 1 is 1.16 bits per heavy atom. The van der Waals surface area contributed by atoms with Gasteiger partial charge in [0.15, 0.2) is 0 Å². The fourth-order valence-electron chi connectivity index (χ4n) is 2.75. The van der Waals surface area contributed by atoms with E-state index >= 15 is 0 Å². The molecule has 1 aromatic carbocycles. The summed E-state index contributed by atoms with van der Waals surface area (Å²) in [6.45, 7) is 8.28. The first-order valence-electron chi connectivity index (χ1n) is 7.27. The highest BCUT2D eigenvalue weighted by molar-refractivity contribution is 5.32. The molecule has 1 aliphatic rings. The van der Waals surface area contributed by atoms with Crippen molar-refractivity contribution in [2.45, 2.75) is 32.7 Å². The van der Waals surface area contributed by atoms with E-state index in [4.69, 9.17) is 4.74 Å². The van der Waals surface area contributed by atoms with Crippen LogP contribution in [0.4, 0.5) is 0 Å². The van der Waals surface area contributed by atoms with Crippen LogP contribution in [0.5, 0.6) is 5.75 Å². The topological polar surface area (TPSA) is 24.5 Å². The van der Waals surface area contributed by atoms with Gasteiger partial charge in [-0.3, -0.25) is 4.90 Å². The van der Waals surface area contributed by atoms with Crippen molar-refractivity contribution in [1.82, 2.24) is 10.2 Å². The van der Waals surface area contributed by atoms with Gasteiger partial charge in [-0.25, -0.2) is 0 Å². The summed E-state index contributed by atoms with van der Waals surface area (Å²) in [5.41, 5.74) is 2.53. The normalized spacial score (nSPS) is 16.8. The Kier molecular flexibility index (Phi) is 5.23. The van der Waals surface area contributed by atoms with Crippen molar-refractivity contribution in [3.05, 3.63) is 29.3 Å². The highest BCUT2D eigenvalue weighted by Crippen LogP contribution is 2.16. The maximum atomic E-state index is 5.87. The van der Waals surface area contributed by atoms with Crippen molar-refractivity contribution in [3.63, 3.8) is 0 Å². The number of benzene rings is 1. The molecular formula is C16H26N2O. The molecule has 0 spiro atoms. The van der Waals surface area contributed by atoms with Crippen molar-refractivity contribution >= 4 is 0 Å². The molecule has 1 aromatic rings. The van der Waals surface area contributed by atoms with Crippen LogP contribution in [-0.4, -0.2) is 44.2 Å². The molecule has 19 heavy (non-hydrogen) atoms. The van der Waals surface area contributed by atoms with Gasteiger partial charge in [-0.2, -0.15) is 0 Å². The summed E-state index contributed by atoms with van der Waals surface area (Å²) in [7, 11) is 2.21. The molecule has 1 fully saturated rings. The van der Waals surface area contributed by atoms with E-state index in [2.05, 4.69) is 49.3 Å². The van der Waals surface area contributed by atoms with Gasteiger partial charge in [-0.15, -0.1) is 0 Å². The first-order valence-corrected chi connectivity index (χ1v) is 7.27. The van der Waals surface area contributed by atoms with Crippen molar-refractivity contribution in [3.8, 4) is 5.75 Å². The number of rotatable bonds is 5. The molecule has 3 heteroatoms. The number of aryl methyl sites for hydroxylation is 2. The number of ether oxygens (including phenoxy) is 1. The van der Waals surface area contributed by atoms with E-state index in [0.717, 1.165) is 32.0 Å². The lowest BCUT2D eigenvalue weighted by molar-refractivity contribution is 0.165. The summed E-state index contributed by atoms with van der Waals surface area (Å²) in [6.07, 6.45) is 2.50. The number of piperidine rings is 1. The fraction of sp³-hybridized carbons (Fsp3) is 0.625. The predicted molar refractivity (Wildman–Crippen MR) is 79.9 cm³/mol. The van der Waals surface area contributed by atoms with E-state index in [9.17, 15) is 0 Å². The second-order valence-electron chi connectivity index (χ2n) is 5.63. The van der Waals surface area contributed by atoms with Crippen LogP contribution in [-0.2, 0) is 0 Å². The first-order chi connectivity index (χ1) is 9.15. The summed E-state index contributed by atoms with van der Waals surface area (Å²) >= 11 is 0. The van der Waals surface area contributed by atoms with Crippen molar-refractivity contribution in [2.75, 3.05) is 33.3 Å². The summed E-state index contributed by atoms with van der Waals surface area (Å²) in [6, 6.07) is 7.10. The van der Waals surface area contributed by atoms with E-state index < -0.39 is 0 Å². The van der Waals surface area contributed by atoms with E-state index in [1.807, 2.05) is 0 Å². The van der Waals surface area contributed by atoms with Crippen LogP contribution in [0.25, 0.3) is 0 Å². The minimum absolute atomic E-state index is 0.712. The summed E-state index contributed by atoms with van der Waals surface area (Å²) in [5, 5.41) is 3.41. The maximum absolute atomic E-state index is 5.87. The highest BCUT2D eigenvalue weighted by Gasteiger charge is 2.17. The fourth-order valence-corrected chi connectivity index (χ4v) is 2.75. The second-order valence-corrected chi connectivity index (χ2v) is 5.63. The quantitative estimate of drug-likeness (QED) is 0.881. The van der Waals surface area contributed by atoms with Gasteiger partial charge in [0.1, 0.15) is 12.4 Å². The molecule has 0 saturated carbocycles. The molecule has 0 aliphatic carbocycles. The molecule has 0 unspecified atom stereocenters. The van der Waals surface area contributed by atoms with Crippen molar-refractivity contribution in [1.29, 1.82) is 0 Å². The number of nitrogens with zero attached hydrogens (tertiary/aromatic N) is 1. The Morgan fingerprint density at radius 3 is 2.42 bits per heavy atom. The van der Waals surface area contributed by atoms with E-state index in [-0.39, 0.29) is 0 Å². The molecule has 1 aliphatic heterocycles. The predicted octanol–water partition coefficient (Wildman–Crippen LogP) is 2.37. The minimum Gasteiger partial charge on any atom is -0.492 e. The van der Waals surface area contributed by atoms with Crippen molar-refractivity contribution < 1.29 is 4.74 Å². The van der Waals surface area contributed by atoms with Gasteiger partial charge in [0.05, 0.1) is 0 Å². The standard InChI is InChI=1S/C16H26N2O/c1-13-10-14(2)12-16(11-13)19-9-8-18(3)15-4-6-17-7-5-15/h10-12,15,17H,4-9H2,1-3H3. The average Bonchev–Trinajstić information content (AvgIpc) is 2.38. The molecule has 1 N–H and O–H groups in total. The van der Waals surface area contributed by atoms with Crippen LogP contribution < -0.4 is 10.1 Å². The molecule has 0 atom stereocenters. The Morgan fingerprint density at radius 2 is 1.79 bits per heavy atom. The highest BCUT2D eigenvalue weighted by atomic mass is 16.5. The van der Waals surface area contributed by atoms with Crippen molar-refractivity contribution in [2.24, 2.45) is 0 Å².